The van der Waals surface area contributed by atoms with E-state index in [9.17, 15) is 9.59 Å². The number of hydrogen-bond donors (Lipinski definition) is 1. The van der Waals surface area contributed by atoms with Crippen molar-refractivity contribution in [3.05, 3.63) is 38.4 Å². The molecule has 5 nitrogen and oxygen atoms in total. The van der Waals surface area contributed by atoms with E-state index >= 15 is 0 Å². The largest absolute Gasteiger partial charge is 0.336 e. The Bertz CT molecular complexity index is 821. The molecule has 1 saturated heterocycles. The Morgan fingerprint density at radius 2 is 1.93 bits per heavy atom. The molecule has 1 aliphatic carbocycles. The van der Waals surface area contributed by atoms with Crippen molar-refractivity contribution < 1.29 is 9.59 Å². The number of piperazine rings is 1. The number of anilines is 1. The number of nitrogens with one attached hydrogen (secondary N) is 1. The van der Waals surface area contributed by atoms with Crippen molar-refractivity contribution in [2.75, 3.05) is 38.0 Å². The van der Waals surface area contributed by atoms with Gasteiger partial charge in [-0.3, -0.25) is 9.59 Å². The van der Waals surface area contributed by atoms with Crippen LogP contribution < -0.4 is 5.32 Å². The number of likely N-dealkylation sites (N-methyl/N-ethyl adjacent to an activating group) is 1. The lowest BCUT2D eigenvalue weighted by Gasteiger charge is -2.34. The van der Waals surface area contributed by atoms with Gasteiger partial charge in [-0.25, -0.2) is 0 Å². The molecule has 3 heterocycles. The highest BCUT2D eigenvalue weighted by molar-refractivity contribution is 7.17. The Balaban J connectivity index is 1.61. The summed E-state index contributed by atoms with van der Waals surface area (Å²) >= 11 is 3.02. The van der Waals surface area contributed by atoms with Crippen LogP contribution >= 0.6 is 22.7 Å². The van der Waals surface area contributed by atoms with E-state index in [4.69, 9.17) is 0 Å². The zero-order chi connectivity index (χ0) is 18.8. The summed E-state index contributed by atoms with van der Waals surface area (Å²) in [7, 11) is 0. The van der Waals surface area contributed by atoms with Crippen molar-refractivity contribution in [2.24, 2.45) is 0 Å². The molecule has 0 atom stereocenters. The number of fused-ring (bicyclic) bond motifs is 1. The molecule has 2 aromatic heterocycles. The Morgan fingerprint density at radius 3 is 2.63 bits per heavy atom. The average molecular weight is 404 g/mol. The van der Waals surface area contributed by atoms with Gasteiger partial charge in [0, 0.05) is 31.1 Å². The summed E-state index contributed by atoms with van der Waals surface area (Å²) < 4.78 is 0. The summed E-state index contributed by atoms with van der Waals surface area (Å²) in [6.07, 6.45) is 4.23. The van der Waals surface area contributed by atoms with Crippen LogP contribution in [0.5, 0.6) is 0 Å². The molecule has 144 valence electrons. The second kappa shape index (κ2) is 8.12. The fraction of sp³-hybridized carbons (Fsp3) is 0.500. The molecule has 7 heteroatoms. The lowest BCUT2D eigenvalue weighted by Crippen LogP contribution is -2.48. The molecule has 2 aliphatic rings. The molecule has 4 rings (SSSR count). The average Bonchev–Trinajstić information content (AvgIpc) is 3.35. The molecule has 1 aliphatic heterocycles. The monoisotopic (exact) mass is 403 g/mol. The molecule has 0 bridgehead atoms. The number of carbonyl (C=O) groups excluding carboxylic acids is 2. The summed E-state index contributed by atoms with van der Waals surface area (Å²) in [4.78, 5) is 32.3. The predicted molar refractivity (Wildman–Crippen MR) is 111 cm³/mol. The normalized spacial score (nSPS) is 17.6. The van der Waals surface area contributed by atoms with Gasteiger partial charge < -0.3 is 15.1 Å². The van der Waals surface area contributed by atoms with Gasteiger partial charge in [0.2, 0.25) is 0 Å². The van der Waals surface area contributed by atoms with E-state index in [0.717, 1.165) is 69.0 Å². The number of rotatable bonds is 4. The predicted octanol–water partition coefficient (Wildman–Crippen LogP) is 3.72. The topological polar surface area (TPSA) is 52.6 Å². The van der Waals surface area contributed by atoms with Crippen LogP contribution in [0.3, 0.4) is 0 Å². The lowest BCUT2D eigenvalue weighted by molar-refractivity contribution is 0.0643. The Hall–Kier alpha value is -1.70. The molecule has 0 radical (unpaired) electrons. The van der Waals surface area contributed by atoms with Crippen LogP contribution in [0.15, 0.2) is 17.5 Å². The van der Waals surface area contributed by atoms with Crippen molar-refractivity contribution in [2.45, 2.75) is 32.6 Å². The van der Waals surface area contributed by atoms with E-state index in [1.54, 1.807) is 11.3 Å². The number of aryl methyl sites for hydroxylation is 1. The van der Waals surface area contributed by atoms with Crippen molar-refractivity contribution in [3.63, 3.8) is 0 Å². The van der Waals surface area contributed by atoms with Crippen LogP contribution in [-0.2, 0) is 12.8 Å². The van der Waals surface area contributed by atoms with Gasteiger partial charge in [-0.15, -0.1) is 22.7 Å². The maximum Gasteiger partial charge on any atom is 0.266 e. The second-order valence-electron chi connectivity index (χ2n) is 7.07. The first kappa shape index (κ1) is 18.7. The molecule has 2 aromatic rings. The summed E-state index contributed by atoms with van der Waals surface area (Å²) in [5, 5.41) is 5.68. The minimum atomic E-state index is -0.117. The number of carbonyl (C=O) groups is 2. The van der Waals surface area contributed by atoms with E-state index in [0.29, 0.717) is 4.88 Å². The van der Waals surface area contributed by atoms with Crippen molar-refractivity contribution >= 4 is 39.5 Å². The van der Waals surface area contributed by atoms with Gasteiger partial charge in [0.1, 0.15) is 5.00 Å². The van der Waals surface area contributed by atoms with E-state index in [2.05, 4.69) is 17.1 Å². The zero-order valence-corrected chi connectivity index (χ0v) is 17.3. The molecular weight excluding hydrogens is 378 g/mol. The smallest absolute Gasteiger partial charge is 0.266 e. The Morgan fingerprint density at radius 1 is 1.15 bits per heavy atom. The van der Waals surface area contributed by atoms with Gasteiger partial charge in [0.25, 0.3) is 11.8 Å². The summed E-state index contributed by atoms with van der Waals surface area (Å²) in [5.41, 5.74) is 1.93. The molecule has 1 fully saturated rings. The molecule has 2 amide bonds. The third-order valence-corrected chi connectivity index (χ3v) is 7.54. The Kier molecular flexibility index (Phi) is 5.61. The summed E-state index contributed by atoms with van der Waals surface area (Å²) in [6, 6.07) is 3.69. The van der Waals surface area contributed by atoms with Crippen LogP contribution in [0.4, 0.5) is 5.00 Å². The van der Waals surface area contributed by atoms with Gasteiger partial charge in [-0.05, 0) is 49.2 Å². The molecule has 0 saturated carbocycles. The SMILES string of the molecule is CCN1CCN(C(=O)c2c(NC(=O)c3cccs3)sc3c2CCCC3)CC1. The van der Waals surface area contributed by atoms with Gasteiger partial charge >= 0.3 is 0 Å². The maximum atomic E-state index is 13.4. The van der Waals surface area contributed by atoms with E-state index in [-0.39, 0.29) is 11.8 Å². The summed E-state index contributed by atoms with van der Waals surface area (Å²) in [6.45, 7) is 6.55. The van der Waals surface area contributed by atoms with Crippen LogP contribution in [0.25, 0.3) is 0 Å². The zero-order valence-electron chi connectivity index (χ0n) is 15.6. The van der Waals surface area contributed by atoms with Crippen molar-refractivity contribution in [1.29, 1.82) is 0 Å². The van der Waals surface area contributed by atoms with Crippen LogP contribution in [0.2, 0.25) is 0 Å². The van der Waals surface area contributed by atoms with Crippen LogP contribution in [0, 0.1) is 0 Å². The fourth-order valence-electron chi connectivity index (χ4n) is 3.88. The lowest BCUT2D eigenvalue weighted by atomic mass is 9.95. The molecular formula is C20H25N3O2S2. The molecule has 0 unspecified atom stereocenters. The van der Waals surface area contributed by atoms with Gasteiger partial charge in [0.05, 0.1) is 10.4 Å². The van der Waals surface area contributed by atoms with E-state index in [1.165, 1.54) is 21.8 Å². The van der Waals surface area contributed by atoms with Gasteiger partial charge in [-0.1, -0.05) is 13.0 Å². The standard InChI is InChI=1S/C20H25N3O2S2/c1-2-22-9-11-23(12-10-22)20(25)17-14-6-3-4-7-15(14)27-19(17)21-18(24)16-8-5-13-26-16/h5,8,13H,2-4,6-7,9-12H2,1H3,(H,21,24). The molecule has 0 aromatic carbocycles. The quantitative estimate of drug-likeness (QED) is 0.847. The van der Waals surface area contributed by atoms with Gasteiger partial charge in [0.15, 0.2) is 0 Å². The van der Waals surface area contributed by atoms with Crippen molar-refractivity contribution in [3.8, 4) is 0 Å². The molecule has 0 spiro atoms. The number of thiophene rings is 2. The highest BCUT2D eigenvalue weighted by Crippen LogP contribution is 2.39. The summed E-state index contributed by atoms with van der Waals surface area (Å²) in [5.74, 6) is -0.0277. The minimum Gasteiger partial charge on any atom is -0.336 e. The fourth-order valence-corrected chi connectivity index (χ4v) is 5.77. The molecule has 1 N–H and O–H groups in total. The van der Waals surface area contributed by atoms with Crippen LogP contribution in [-0.4, -0.2) is 54.3 Å². The van der Waals surface area contributed by atoms with Gasteiger partial charge in [-0.2, -0.15) is 0 Å². The molecule has 27 heavy (non-hydrogen) atoms. The number of hydrogen-bond acceptors (Lipinski definition) is 5. The number of nitrogens with zero attached hydrogens (tertiary/aromatic N) is 2. The Labute approximate surface area is 168 Å². The van der Waals surface area contributed by atoms with E-state index in [1.807, 2.05) is 22.4 Å². The van der Waals surface area contributed by atoms with Crippen molar-refractivity contribution in [1.82, 2.24) is 9.80 Å². The number of amides is 2. The van der Waals surface area contributed by atoms with E-state index < -0.39 is 0 Å². The second-order valence-corrected chi connectivity index (χ2v) is 9.13. The first-order chi connectivity index (χ1) is 13.2. The maximum absolute atomic E-state index is 13.4. The highest BCUT2D eigenvalue weighted by Gasteiger charge is 2.30. The third-order valence-electron chi connectivity index (χ3n) is 5.46. The third kappa shape index (κ3) is 3.81. The minimum absolute atomic E-state index is 0.0895. The first-order valence-corrected chi connectivity index (χ1v) is 11.4. The first-order valence-electron chi connectivity index (χ1n) is 9.68. The highest BCUT2D eigenvalue weighted by atomic mass is 32.1. The van der Waals surface area contributed by atoms with Crippen LogP contribution in [0.1, 0.15) is 50.2 Å².